The van der Waals surface area contributed by atoms with Crippen LogP contribution >= 0.6 is 0 Å². The number of sulfone groups is 1. The fraction of sp³-hybridized carbons (Fsp3) is 0.500. The summed E-state index contributed by atoms with van der Waals surface area (Å²) >= 11 is 0. The van der Waals surface area contributed by atoms with Crippen LogP contribution in [0.15, 0.2) is 30.3 Å². The quantitative estimate of drug-likeness (QED) is 0.585. The lowest BCUT2D eigenvalue weighted by molar-refractivity contribution is -0.132. The van der Waals surface area contributed by atoms with Gasteiger partial charge in [-0.05, 0) is 17.9 Å². The van der Waals surface area contributed by atoms with Crippen LogP contribution in [0.4, 0.5) is 4.79 Å². The van der Waals surface area contributed by atoms with Crippen molar-refractivity contribution in [3.63, 3.8) is 0 Å². The third-order valence-corrected chi connectivity index (χ3v) is 6.12. The molecule has 0 saturated carbocycles. The highest BCUT2D eigenvalue weighted by atomic mass is 32.2. The number of hydrogen-bond donors (Lipinski definition) is 3. The number of alkyl carbamates (subject to hydrolysis) is 1. The fourth-order valence-corrected chi connectivity index (χ4v) is 4.47. The van der Waals surface area contributed by atoms with Crippen LogP contribution in [-0.4, -0.2) is 43.9 Å². The highest BCUT2D eigenvalue weighted by molar-refractivity contribution is 7.91. The van der Waals surface area contributed by atoms with Gasteiger partial charge in [-0.3, -0.25) is 20.4 Å². The van der Waals surface area contributed by atoms with Gasteiger partial charge in [-0.2, -0.15) is 0 Å². The van der Waals surface area contributed by atoms with E-state index in [4.69, 9.17) is 4.74 Å². The third-order valence-electron chi connectivity index (χ3n) is 4.35. The SMILES string of the molecule is CC(C)[C@@H](NC(=O)OCc1ccccc1)C(=O)NNC(=O)[C@H]1CCS(=O)(=O)C1. The molecule has 1 aromatic carbocycles. The Kier molecular flexibility index (Phi) is 7.38. The number of ether oxygens (including phenoxy) is 1. The Bertz CT molecular complexity index is 810. The lowest BCUT2D eigenvalue weighted by Gasteiger charge is -2.22. The lowest BCUT2D eigenvalue weighted by Crippen LogP contribution is -2.55. The van der Waals surface area contributed by atoms with E-state index in [2.05, 4.69) is 16.2 Å². The average Bonchev–Trinajstić information content (AvgIpc) is 3.02. The Morgan fingerprint density at radius 3 is 2.39 bits per heavy atom. The molecule has 1 aliphatic rings. The molecule has 0 aliphatic carbocycles. The topological polar surface area (TPSA) is 131 Å². The van der Waals surface area contributed by atoms with Crippen LogP contribution in [0.25, 0.3) is 0 Å². The highest BCUT2D eigenvalue weighted by Gasteiger charge is 2.33. The molecular weight excluding hydrogens is 386 g/mol. The van der Waals surface area contributed by atoms with Crippen molar-refractivity contribution in [3.05, 3.63) is 35.9 Å². The molecule has 3 amide bonds. The Morgan fingerprint density at radius 1 is 1.14 bits per heavy atom. The highest BCUT2D eigenvalue weighted by Crippen LogP contribution is 2.18. The maximum atomic E-state index is 12.3. The number of hydrazine groups is 1. The largest absolute Gasteiger partial charge is 0.445 e. The van der Waals surface area contributed by atoms with Crippen molar-refractivity contribution in [2.24, 2.45) is 11.8 Å². The zero-order chi connectivity index (χ0) is 20.7. The monoisotopic (exact) mass is 411 g/mol. The standard InChI is InChI=1S/C18H25N3O6S/c1-12(2)15(19-18(24)27-10-13-6-4-3-5-7-13)17(23)21-20-16(22)14-8-9-28(25,26)11-14/h3-7,12,14-15H,8-11H2,1-2H3,(H,19,24)(H,20,22)(H,21,23)/t14-,15+/m0/s1. The molecule has 3 N–H and O–H groups in total. The van der Waals surface area contributed by atoms with Gasteiger partial charge in [0.05, 0.1) is 17.4 Å². The summed E-state index contributed by atoms with van der Waals surface area (Å²) in [5, 5.41) is 2.47. The van der Waals surface area contributed by atoms with Crippen LogP contribution in [-0.2, 0) is 30.8 Å². The number of rotatable bonds is 6. The van der Waals surface area contributed by atoms with Gasteiger partial charge in [-0.1, -0.05) is 44.2 Å². The van der Waals surface area contributed by atoms with Gasteiger partial charge in [0.15, 0.2) is 9.84 Å². The molecule has 0 spiro atoms. The van der Waals surface area contributed by atoms with Crippen molar-refractivity contribution in [2.75, 3.05) is 11.5 Å². The zero-order valence-electron chi connectivity index (χ0n) is 15.8. The molecular formula is C18H25N3O6S. The third kappa shape index (κ3) is 6.52. The van der Waals surface area contributed by atoms with Crippen LogP contribution < -0.4 is 16.2 Å². The number of nitrogens with one attached hydrogen (secondary N) is 3. The molecule has 0 radical (unpaired) electrons. The summed E-state index contributed by atoms with van der Waals surface area (Å²) in [6, 6.07) is 8.16. The van der Waals surface area contributed by atoms with Gasteiger partial charge in [0.2, 0.25) is 5.91 Å². The number of hydrogen-bond acceptors (Lipinski definition) is 6. The van der Waals surface area contributed by atoms with Crippen molar-refractivity contribution in [1.29, 1.82) is 0 Å². The normalized spacial score (nSPS) is 18.9. The second-order valence-corrected chi connectivity index (χ2v) is 9.23. The van der Waals surface area contributed by atoms with Crippen LogP contribution in [0.1, 0.15) is 25.8 Å². The smallest absolute Gasteiger partial charge is 0.408 e. The minimum atomic E-state index is -3.20. The summed E-state index contributed by atoms with van der Waals surface area (Å²) in [7, 11) is -3.20. The molecule has 0 bridgehead atoms. The number of benzene rings is 1. The summed E-state index contributed by atoms with van der Waals surface area (Å²) < 4.78 is 28.0. The van der Waals surface area contributed by atoms with Gasteiger partial charge in [0.1, 0.15) is 12.6 Å². The van der Waals surface area contributed by atoms with E-state index in [0.717, 1.165) is 5.56 Å². The molecule has 154 valence electrons. The molecule has 1 aliphatic heterocycles. The lowest BCUT2D eigenvalue weighted by atomic mass is 10.0. The minimum absolute atomic E-state index is 0.0392. The molecule has 1 aromatic rings. The van der Waals surface area contributed by atoms with E-state index in [1.807, 2.05) is 18.2 Å². The van der Waals surface area contributed by atoms with E-state index in [0.29, 0.717) is 0 Å². The van der Waals surface area contributed by atoms with Crippen LogP contribution in [0.3, 0.4) is 0 Å². The van der Waals surface area contributed by atoms with E-state index >= 15 is 0 Å². The van der Waals surface area contributed by atoms with E-state index in [-0.39, 0.29) is 30.5 Å². The van der Waals surface area contributed by atoms with E-state index < -0.39 is 39.7 Å². The second kappa shape index (κ2) is 9.54. The summed E-state index contributed by atoms with van der Waals surface area (Å²) in [4.78, 5) is 36.3. The average molecular weight is 411 g/mol. The first-order valence-electron chi connectivity index (χ1n) is 8.95. The molecule has 1 heterocycles. The molecule has 10 heteroatoms. The summed E-state index contributed by atoms with van der Waals surface area (Å²) in [6.07, 6.45) is -0.534. The first-order valence-corrected chi connectivity index (χ1v) is 10.8. The maximum absolute atomic E-state index is 12.3. The Balaban J connectivity index is 1.82. The molecule has 0 aromatic heterocycles. The van der Waals surface area contributed by atoms with Gasteiger partial charge in [0, 0.05) is 0 Å². The van der Waals surface area contributed by atoms with Crippen molar-refractivity contribution in [1.82, 2.24) is 16.2 Å². The fourth-order valence-electron chi connectivity index (χ4n) is 2.73. The molecule has 1 saturated heterocycles. The van der Waals surface area contributed by atoms with Gasteiger partial charge >= 0.3 is 6.09 Å². The summed E-state index contributed by atoms with van der Waals surface area (Å²) in [5.74, 6) is -2.42. The Labute approximate surface area is 164 Å². The van der Waals surface area contributed by atoms with Gasteiger partial charge in [-0.25, -0.2) is 13.2 Å². The van der Waals surface area contributed by atoms with Crippen LogP contribution in [0.5, 0.6) is 0 Å². The molecule has 2 atom stereocenters. The zero-order valence-corrected chi connectivity index (χ0v) is 16.6. The minimum Gasteiger partial charge on any atom is -0.445 e. The van der Waals surface area contributed by atoms with Crippen molar-refractivity contribution in [3.8, 4) is 0 Å². The van der Waals surface area contributed by atoms with E-state index in [1.165, 1.54) is 0 Å². The molecule has 0 unspecified atom stereocenters. The number of amides is 3. The van der Waals surface area contributed by atoms with Gasteiger partial charge < -0.3 is 10.1 Å². The molecule has 9 nitrogen and oxygen atoms in total. The van der Waals surface area contributed by atoms with Crippen molar-refractivity contribution >= 4 is 27.7 Å². The first kappa shape index (κ1) is 21.7. The van der Waals surface area contributed by atoms with Crippen LogP contribution in [0, 0.1) is 11.8 Å². The Morgan fingerprint density at radius 2 is 1.82 bits per heavy atom. The Hall–Kier alpha value is -2.62. The van der Waals surface area contributed by atoms with Gasteiger partial charge in [0.25, 0.3) is 5.91 Å². The predicted molar refractivity (Wildman–Crippen MR) is 101 cm³/mol. The number of carbonyl (C=O) groups excluding carboxylic acids is 3. The van der Waals surface area contributed by atoms with Crippen molar-refractivity contribution in [2.45, 2.75) is 32.9 Å². The number of carbonyl (C=O) groups is 3. The molecule has 28 heavy (non-hydrogen) atoms. The van der Waals surface area contributed by atoms with Crippen molar-refractivity contribution < 1.29 is 27.5 Å². The van der Waals surface area contributed by atoms with E-state index in [1.54, 1.807) is 26.0 Å². The second-order valence-electron chi connectivity index (χ2n) is 7.01. The first-order chi connectivity index (χ1) is 13.2. The maximum Gasteiger partial charge on any atom is 0.408 e. The van der Waals surface area contributed by atoms with Crippen LogP contribution in [0.2, 0.25) is 0 Å². The predicted octanol–water partition coefficient (Wildman–Crippen LogP) is 0.520. The van der Waals surface area contributed by atoms with Gasteiger partial charge in [-0.15, -0.1) is 0 Å². The summed E-state index contributed by atoms with van der Waals surface area (Å²) in [5.41, 5.74) is 5.28. The molecule has 2 rings (SSSR count). The molecule has 1 fully saturated rings. The van der Waals surface area contributed by atoms with E-state index in [9.17, 15) is 22.8 Å². The summed E-state index contributed by atoms with van der Waals surface area (Å²) in [6.45, 7) is 3.52.